The number of amides is 1. The summed E-state index contributed by atoms with van der Waals surface area (Å²) in [6, 6.07) is 14.5. The molecule has 0 unspecified atom stereocenters. The van der Waals surface area contributed by atoms with Crippen LogP contribution in [-0.2, 0) is 27.8 Å². The highest BCUT2D eigenvalue weighted by atomic mass is 16.5. The Morgan fingerprint density at radius 3 is 2.70 bits per heavy atom. The Labute approximate surface area is 271 Å². The van der Waals surface area contributed by atoms with Crippen molar-refractivity contribution in [2.45, 2.75) is 76.5 Å². The quantitative estimate of drug-likeness (QED) is 0.154. The first-order valence-corrected chi connectivity index (χ1v) is 16.7. The Balaban J connectivity index is 1.30. The Hall–Kier alpha value is -4.04. The number of hydrogen-bond acceptors (Lipinski definition) is 7. The molecule has 7 rings (SSSR count). The zero-order valence-corrected chi connectivity index (χ0v) is 27.2. The van der Waals surface area contributed by atoms with E-state index in [-0.39, 0.29) is 41.4 Å². The molecule has 3 aromatic rings. The molecule has 5 atom stereocenters. The number of likely N-dealkylation sites (tertiary alicyclic amines) is 1. The van der Waals surface area contributed by atoms with Crippen molar-refractivity contribution >= 4 is 18.0 Å². The SMILES string of the molecule is COc1cc(OC(C)=O)c2c3c1O[C@H]1[C@H](N(CC(C)C)C(=O)/C=C/c4ccoc4)CC[C@H]4[C@@H](C2)N(CCc2ccccc2)CC[C@@]341. The van der Waals surface area contributed by atoms with Gasteiger partial charge in [0.2, 0.25) is 5.91 Å². The zero-order chi connectivity index (χ0) is 32.0. The lowest BCUT2D eigenvalue weighted by molar-refractivity contribution is -0.138. The smallest absolute Gasteiger partial charge is 0.308 e. The third kappa shape index (κ3) is 5.20. The fourth-order valence-corrected chi connectivity index (χ4v) is 8.96. The summed E-state index contributed by atoms with van der Waals surface area (Å²) >= 11 is 0. The highest BCUT2D eigenvalue weighted by Crippen LogP contribution is 2.65. The molecule has 2 bridgehead atoms. The van der Waals surface area contributed by atoms with Crippen LogP contribution in [-0.4, -0.2) is 66.6 Å². The van der Waals surface area contributed by atoms with Gasteiger partial charge in [-0.15, -0.1) is 0 Å². The molecule has 0 radical (unpaired) electrons. The van der Waals surface area contributed by atoms with E-state index in [1.807, 2.05) is 23.1 Å². The van der Waals surface area contributed by atoms with Crippen molar-refractivity contribution in [1.82, 2.24) is 9.80 Å². The first-order valence-electron chi connectivity index (χ1n) is 16.7. The normalized spacial score (nSPS) is 26.1. The molecular formula is C38H44N2O6. The molecule has 46 heavy (non-hydrogen) atoms. The van der Waals surface area contributed by atoms with Gasteiger partial charge in [0.05, 0.1) is 25.7 Å². The lowest BCUT2D eigenvalue weighted by Gasteiger charge is -2.60. The number of methoxy groups -OCH3 is 1. The van der Waals surface area contributed by atoms with E-state index in [0.717, 1.165) is 67.6 Å². The molecule has 8 nitrogen and oxygen atoms in total. The van der Waals surface area contributed by atoms with Crippen molar-refractivity contribution in [2.24, 2.45) is 11.8 Å². The van der Waals surface area contributed by atoms with E-state index >= 15 is 0 Å². The molecule has 1 amide bonds. The van der Waals surface area contributed by atoms with Gasteiger partial charge in [0.15, 0.2) is 11.5 Å². The second-order valence-corrected chi connectivity index (χ2v) is 13.8. The van der Waals surface area contributed by atoms with E-state index in [9.17, 15) is 9.59 Å². The average Bonchev–Trinajstić information content (AvgIpc) is 3.69. The number of rotatable bonds is 10. The van der Waals surface area contributed by atoms with E-state index in [0.29, 0.717) is 24.0 Å². The third-order valence-electron chi connectivity index (χ3n) is 10.7. The van der Waals surface area contributed by atoms with Crippen LogP contribution >= 0.6 is 0 Å². The second kappa shape index (κ2) is 12.3. The molecule has 8 heteroatoms. The summed E-state index contributed by atoms with van der Waals surface area (Å²) in [5.74, 6) is 2.18. The van der Waals surface area contributed by atoms with Crippen molar-refractivity contribution in [1.29, 1.82) is 0 Å². The molecular weight excluding hydrogens is 580 g/mol. The van der Waals surface area contributed by atoms with E-state index in [4.69, 9.17) is 18.6 Å². The Morgan fingerprint density at radius 2 is 1.98 bits per heavy atom. The van der Waals surface area contributed by atoms with Crippen LogP contribution in [0.25, 0.3) is 6.08 Å². The summed E-state index contributed by atoms with van der Waals surface area (Å²) in [7, 11) is 1.64. The first-order chi connectivity index (χ1) is 22.3. The van der Waals surface area contributed by atoms with Gasteiger partial charge in [0.25, 0.3) is 0 Å². The molecule has 1 spiro atoms. The minimum absolute atomic E-state index is 0.0187. The van der Waals surface area contributed by atoms with Gasteiger partial charge in [-0.1, -0.05) is 44.2 Å². The first kappa shape index (κ1) is 30.6. The number of piperidine rings is 1. The molecule has 2 fully saturated rings. The van der Waals surface area contributed by atoms with E-state index in [1.54, 1.807) is 25.7 Å². The summed E-state index contributed by atoms with van der Waals surface area (Å²) in [4.78, 5) is 31.1. The van der Waals surface area contributed by atoms with Gasteiger partial charge in [0.1, 0.15) is 11.9 Å². The number of furan rings is 1. The number of hydrogen-bond donors (Lipinski definition) is 0. The highest BCUT2D eigenvalue weighted by Gasteiger charge is 2.67. The second-order valence-electron chi connectivity index (χ2n) is 13.8. The van der Waals surface area contributed by atoms with Gasteiger partial charge in [-0.05, 0) is 68.2 Å². The van der Waals surface area contributed by atoms with E-state index in [1.165, 1.54) is 12.5 Å². The van der Waals surface area contributed by atoms with Crippen LogP contribution in [0.3, 0.4) is 0 Å². The van der Waals surface area contributed by atoms with E-state index in [2.05, 4.69) is 49.1 Å². The summed E-state index contributed by atoms with van der Waals surface area (Å²) in [5, 5.41) is 0. The van der Waals surface area contributed by atoms with Gasteiger partial charge in [0, 0.05) is 60.3 Å². The fourth-order valence-electron chi connectivity index (χ4n) is 8.96. The molecule has 0 N–H and O–H groups in total. The van der Waals surface area contributed by atoms with Crippen LogP contribution in [0.5, 0.6) is 17.2 Å². The summed E-state index contributed by atoms with van der Waals surface area (Å²) < 4.78 is 24.1. The predicted octanol–water partition coefficient (Wildman–Crippen LogP) is 6.06. The molecule has 1 aromatic heterocycles. The van der Waals surface area contributed by atoms with Crippen LogP contribution in [0.2, 0.25) is 0 Å². The van der Waals surface area contributed by atoms with Crippen LogP contribution in [0.1, 0.15) is 62.3 Å². The van der Waals surface area contributed by atoms with Gasteiger partial charge >= 0.3 is 5.97 Å². The number of ether oxygens (including phenoxy) is 3. The van der Waals surface area contributed by atoms with Crippen LogP contribution < -0.4 is 14.2 Å². The maximum atomic E-state index is 14.0. The highest BCUT2D eigenvalue weighted by molar-refractivity contribution is 5.92. The Bertz CT molecular complexity index is 1620. The number of carbonyl (C=O) groups excluding carboxylic acids is 2. The number of nitrogens with zero attached hydrogens (tertiary/aromatic N) is 2. The lowest BCUT2D eigenvalue weighted by atomic mass is 9.50. The largest absolute Gasteiger partial charge is 0.493 e. The monoisotopic (exact) mass is 624 g/mol. The van der Waals surface area contributed by atoms with Gasteiger partial charge in [-0.25, -0.2) is 0 Å². The maximum Gasteiger partial charge on any atom is 0.308 e. The zero-order valence-electron chi connectivity index (χ0n) is 27.2. The molecule has 3 heterocycles. The summed E-state index contributed by atoms with van der Waals surface area (Å²) in [6.45, 7) is 8.30. The number of esters is 1. The minimum Gasteiger partial charge on any atom is -0.493 e. The van der Waals surface area contributed by atoms with Gasteiger partial charge in [-0.3, -0.25) is 14.5 Å². The topological polar surface area (TPSA) is 81.5 Å². The third-order valence-corrected chi connectivity index (χ3v) is 10.7. The fraction of sp³-hybridized carbons (Fsp3) is 0.474. The van der Waals surface area contributed by atoms with Crippen molar-refractivity contribution in [3.05, 3.63) is 83.3 Å². The summed E-state index contributed by atoms with van der Waals surface area (Å²) in [5.41, 5.74) is 4.08. The predicted molar refractivity (Wildman–Crippen MR) is 175 cm³/mol. The van der Waals surface area contributed by atoms with Crippen LogP contribution in [0.4, 0.5) is 0 Å². The molecule has 242 valence electrons. The van der Waals surface area contributed by atoms with E-state index < -0.39 is 0 Å². The van der Waals surface area contributed by atoms with Crippen molar-refractivity contribution in [3.8, 4) is 17.2 Å². The van der Waals surface area contributed by atoms with Crippen molar-refractivity contribution in [2.75, 3.05) is 26.7 Å². The standard InChI is InChI=1S/C38H44N2O6/c1-24(2)22-40(34(42)13-10-27-15-19-44-23-27)30-12-11-29-31-20-28-32(45-25(3)41)21-33(43-4)36-35(28)38(29,37(30)46-36)16-18-39(31)17-14-26-8-6-5-7-9-26/h5-10,13,15,19,21,23-24,29-31,37H,11-12,14,16-18,20,22H2,1-4H3/b13-10+/t29-,30+,31+,37-,38-/m0/s1. The van der Waals surface area contributed by atoms with Crippen LogP contribution in [0.15, 0.2) is 65.5 Å². The molecule has 1 saturated carbocycles. The Kier molecular flexibility index (Phi) is 8.17. The summed E-state index contributed by atoms with van der Waals surface area (Å²) in [6.07, 6.45) is 11.0. The van der Waals surface area contributed by atoms with Crippen LogP contribution in [0, 0.1) is 11.8 Å². The molecule has 2 aliphatic carbocycles. The number of benzene rings is 2. The number of carbonyl (C=O) groups is 2. The minimum atomic E-state index is -0.348. The van der Waals surface area contributed by atoms with Gasteiger partial charge < -0.3 is 23.5 Å². The molecule has 4 aliphatic rings. The van der Waals surface area contributed by atoms with Crippen molar-refractivity contribution < 1.29 is 28.2 Å². The Morgan fingerprint density at radius 1 is 1.15 bits per heavy atom. The molecule has 1 saturated heterocycles. The molecule has 2 aromatic carbocycles. The van der Waals surface area contributed by atoms with Gasteiger partial charge in [-0.2, -0.15) is 0 Å². The lowest BCUT2D eigenvalue weighted by Crippen LogP contribution is -2.69. The van der Waals surface area contributed by atoms with Crippen molar-refractivity contribution in [3.63, 3.8) is 0 Å². The molecule has 2 aliphatic heterocycles. The average molecular weight is 625 g/mol. The maximum absolute atomic E-state index is 14.0.